The molecular weight excluding hydrogens is 292 g/mol. The van der Waals surface area contributed by atoms with E-state index in [1.54, 1.807) is 18.2 Å². The molecule has 23 heavy (non-hydrogen) atoms. The summed E-state index contributed by atoms with van der Waals surface area (Å²) >= 11 is 0. The smallest absolute Gasteiger partial charge is 0.328 e. The quantitative estimate of drug-likeness (QED) is 0.505. The van der Waals surface area contributed by atoms with Crippen molar-refractivity contribution >= 4 is 12.0 Å². The lowest BCUT2D eigenvalue weighted by molar-refractivity contribution is -0.131. The van der Waals surface area contributed by atoms with Crippen LogP contribution in [-0.4, -0.2) is 27.9 Å². The molecule has 0 amide bonds. The maximum absolute atomic E-state index is 10.5. The molecule has 0 aliphatic carbocycles. The maximum atomic E-state index is 10.5. The first kappa shape index (κ1) is 18.7. The minimum Gasteiger partial charge on any atom is -0.508 e. The Bertz CT molecular complexity index is 620. The van der Waals surface area contributed by atoms with E-state index in [1.165, 1.54) is 11.6 Å². The lowest BCUT2D eigenvalue weighted by Crippen LogP contribution is -1.93. The molecule has 0 saturated heterocycles. The van der Waals surface area contributed by atoms with Gasteiger partial charge in [0.1, 0.15) is 5.75 Å². The van der Waals surface area contributed by atoms with Gasteiger partial charge in [-0.05, 0) is 68.0 Å². The van der Waals surface area contributed by atoms with Gasteiger partial charge in [0.15, 0.2) is 0 Å². The Morgan fingerprint density at radius 1 is 1.22 bits per heavy atom. The average Bonchev–Trinajstić information content (AvgIpc) is 2.50. The molecule has 0 saturated carbocycles. The molecular formula is C19H24O4. The topological polar surface area (TPSA) is 77.8 Å². The third-order valence-corrected chi connectivity index (χ3v) is 3.35. The van der Waals surface area contributed by atoms with E-state index < -0.39 is 5.97 Å². The van der Waals surface area contributed by atoms with E-state index in [0.717, 1.165) is 24.5 Å². The van der Waals surface area contributed by atoms with Gasteiger partial charge in [-0.2, -0.15) is 0 Å². The van der Waals surface area contributed by atoms with Crippen molar-refractivity contribution in [3.05, 3.63) is 58.7 Å². The first-order valence-electron chi connectivity index (χ1n) is 7.57. The van der Waals surface area contributed by atoms with Crippen molar-refractivity contribution in [3.63, 3.8) is 0 Å². The number of phenolic OH excluding ortho intramolecular Hbond substituents is 1. The number of carboxylic acid groups (broad SMARTS) is 1. The SMILES string of the molecule is CC(C)=CCC/C(=C/Cc1cc(/C=C/C(=O)O)ccc1O)CO. The molecule has 4 nitrogen and oxygen atoms in total. The number of aliphatic hydroxyl groups excluding tert-OH is 1. The maximum Gasteiger partial charge on any atom is 0.328 e. The lowest BCUT2D eigenvalue weighted by Gasteiger charge is -2.06. The van der Waals surface area contributed by atoms with E-state index in [9.17, 15) is 15.0 Å². The van der Waals surface area contributed by atoms with Crippen LogP contribution in [0.5, 0.6) is 5.75 Å². The van der Waals surface area contributed by atoms with Gasteiger partial charge in [0, 0.05) is 6.08 Å². The largest absolute Gasteiger partial charge is 0.508 e. The third-order valence-electron chi connectivity index (χ3n) is 3.35. The van der Waals surface area contributed by atoms with Crippen LogP contribution in [0.4, 0.5) is 0 Å². The Morgan fingerprint density at radius 3 is 2.57 bits per heavy atom. The number of rotatable bonds is 8. The summed E-state index contributed by atoms with van der Waals surface area (Å²) in [6.45, 7) is 4.07. The molecule has 4 heteroatoms. The molecule has 1 rings (SSSR count). The van der Waals surface area contributed by atoms with Gasteiger partial charge in [-0.15, -0.1) is 0 Å². The highest BCUT2D eigenvalue weighted by atomic mass is 16.4. The number of carboxylic acids is 1. The first-order valence-corrected chi connectivity index (χ1v) is 7.57. The molecule has 0 heterocycles. The number of benzene rings is 1. The lowest BCUT2D eigenvalue weighted by atomic mass is 10.0. The zero-order chi connectivity index (χ0) is 17.2. The highest BCUT2D eigenvalue weighted by Crippen LogP contribution is 2.21. The number of phenols is 1. The zero-order valence-electron chi connectivity index (χ0n) is 13.6. The van der Waals surface area contributed by atoms with Gasteiger partial charge >= 0.3 is 5.97 Å². The van der Waals surface area contributed by atoms with Gasteiger partial charge in [0.25, 0.3) is 0 Å². The second-order valence-corrected chi connectivity index (χ2v) is 5.60. The van der Waals surface area contributed by atoms with Crippen molar-refractivity contribution in [2.75, 3.05) is 6.61 Å². The highest BCUT2D eigenvalue weighted by Gasteiger charge is 2.02. The van der Waals surface area contributed by atoms with Crippen LogP contribution in [0.25, 0.3) is 6.08 Å². The molecule has 0 radical (unpaired) electrons. The molecule has 0 atom stereocenters. The number of hydrogen-bond donors (Lipinski definition) is 3. The normalized spacial score (nSPS) is 11.7. The van der Waals surface area contributed by atoms with Crippen LogP contribution in [0.2, 0.25) is 0 Å². The predicted octanol–water partition coefficient (Wildman–Crippen LogP) is 3.70. The third kappa shape index (κ3) is 7.47. The Kier molecular flexibility index (Phi) is 7.84. The molecule has 0 bridgehead atoms. The molecule has 0 aliphatic heterocycles. The van der Waals surface area contributed by atoms with Crippen molar-refractivity contribution in [2.45, 2.75) is 33.1 Å². The van der Waals surface area contributed by atoms with Crippen molar-refractivity contribution in [2.24, 2.45) is 0 Å². The summed E-state index contributed by atoms with van der Waals surface area (Å²) < 4.78 is 0. The molecule has 3 N–H and O–H groups in total. The number of carbonyl (C=O) groups is 1. The number of allylic oxidation sites excluding steroid dienone is 3. The number of aliphatic hydroxyl groups is 1. The summed E-state index contributed by atoms with van der Waals surface area (Å²) in [6.07, 6.45) is 8.73. The first-order chi connectivity index (χ1) is 10.9. The number of aromatic hydroxyl groups is 1. The Labute approximate surface area is 137 Å². The zero-order valence-corrected chi connectivity index (χ0v) is 13.6. The van der Waals surface area contributed by atoms with Gasteiger partial charge in [-0.1, -0.05) is 23.8 Å². The van der Waals surface area contributed by atoms with Gasteiger partial charge in [-0.25, -0.2) is 4.79 Å². The molecule has 0 aliphatic rings. The van der Waals surface area contributed by atoms with Crippen LogP contribution in [0.3, 0.4) is 0 Å². The van der Waals surface area contributed by atoms with Gasteiger partial charge < -0.3 is 15.3 Å². The van der Waals surface area contributed by atoms with E-state index in [2.05, 4.69) is 6.08 Å². The van der Waals surface area contributed by atoms with Gasteiger partial charge in [-0.3, -0.25) is 0 Å². The van der Waals surface area contributed by atoms with Crippen LogP contribution in [-0.2, 0) is 11.2 Å². The summed E-state index contributed by atoms with van der Waals surface area (Å²) in [5.74, 6) is -0.850. The standard InChI is InChI=1S/C19H24O4/c1-14(2)4-3-5-16(13-20)6-9-17-12-15(7-10-18(17)21)8-11-19(22)23/h4,6-8,10-12,20-21H,3,5,9,13H2,1-2H3,(H,22,23)/b11-8+,16-6-. The van der Waals surface area contributed by atoms with Crippen molar-refractivity contribution < 1.29 is 20.1 Å². The molecule has 0 spiro atoms. The Morgan fingerprint density at radius 2 is 1.96 bits per heavy atom. The molecule has 0 aromatic heterocycles. The van der Waals surface area contributed by atoms with Crippen LogP contribution in [0.15, 0.2) is 47.6 Å². The molecule has 0 unspecified atom stereocenters. The fourth-order valence-corrected chi connectivity index (χ4v) is 2.09. The summed E-state index contributed by atoms with van der Waals surface area (Å²) in [5.41, 5.74) is 3.58. The fraction of sp³-hybridized carbons (Fsp3) is 0.316. The van der Waals surface area contributed by atoms with E-state index in [4.69, 9.17) is 5.11 Å². The minimum atomic E-state index is -1.01. The van der Waals surface area contributed by atoms with E-state index >= 15 is 0 Å². The molecule has 1 aromatic rings. The van der Waals surface area contributed by atoms with Crippen LogP contribution >= 0.6 is 0 Å². The summed E-state index contributed by atoms with van der Waals surface area (Å²) in [4.78, 5) is 10.5. The summed E-state index contributed by atoms with van der Waals surface area (Å²) in [7, 11) is 0. The highest BCUT2D eigenvalue weighted by molar-refractivity contribution is 5.85. The summed E-state index contributed by atoms with van der Waals surface area (Å²) in [5, 5.41) is 28.0. The average molecular weight is 316 g/mol. The second kappa shape index (κ2) is 9.64. The fourth-order valence-electron chi connectivity index (χ4n) is 2.09. The van der Waals surface area contributed by atoms with Crippen molar-refractivity contribution in [1.29, 1.82) is 0 Å². The molecule has 1 aromatic carbocycles. The van der Waals surface area contributed by atoms with Crippen LogP contribution < -0.4 is 0 Å². The summed E-state index contributed by atoms with van der Waals surface area (Å²) in [6, 6.07) is 4.95. The minimum absolute atomic E-state index is 0.00400. The Hall–Kier alpha value is -2.33. The number of aliphatic carboxylic acids is 1. The monoisotopic (exact) mass is 316 g/mol. The van der Waals surface area contributed by atoms with Crippen LogP contribution in [0.1, 0.15) is 37.8 Å². The van der Waals surface area contributed by atoms with Gasteiger partial charge in [0.05, 0.1) is 6.61 Å². The second-order valence-electron chi connectivity index (χ2n) is 5.60. The number of hydrogen-bond acceptors (Lipinski definition) is 3. The van der Waals surface area contributed by atoms with Crippen molar-refractivity contribution in [3.8, 4) is 5.75 Å². The van der Waals surface area contributed by atoms with Crippen LogP contribution in [0, 0.1) is 0 Å². The van der Waals surface area contributed by atoms with E-state index in [1.807, 2.05) is 19.9 Å². The molecule has 0 fully saturated rings. The van der Waals surface area contributed by atoms with E-state index in [-0.39, 0.29) is 12.4 Å². The molecule has 124 valence electrons. The predicted molar refractivity (Wildman–Crippen MR) is 92.3 cm³/mol. The van der Waals surface area contributed by atoms with Gasteiger partial charge in [0.2, 0.25) is 0 Å². The Balaban J connectivity index is 2.81. The van der Waals surface area contributed by atoms with E-state index in [0.29, 0.717) is 17.5 Å². The van der Waals surface area contributed by atoms with Crippen molar-refractivity contribution in [1.82, 2.24) is 0 Å².